The van der Waals surface area contributed by atoms with Crippen molar-refractivity contribution in [1.29, 1.82) is 0 Å². The summed E-state index contributed by atoms with van der Waals surface area (Å²) in [4.78, 5) is 0. The molecule has 0 amide bonds. The van der Waals surface area contributed by atoms with E-state index < -0.39 is 0 Å². The summed E-state index contributed by atoms with van der Waals surface area (Å²) in [6, 6.07) is 0. The second kappa shape index (κ2) is 16.6. The molecule has 8 fully saturated rings. The van der Waals surface area contributed by atoms with E-state index in [1.165, 1.54) is 103 Å². The summed E-state index contributed by atoms with van der Waals surface area (Å²) >= 11 is 0. The Labute approximate surface area is 310 Å². The van der Waals surface area contributed by atoms with E-state index in [2.05, 4.69) is 83.1 Å². The summed E-state index contributed by atoms with van der Waals surface area (Å²) in [5, 5.41) is 0. The Hall–Kier alpha value is 0. The van der Waals surface area contributed by atoms with E-state index in [4.69, 9.17) is 0 Å². The third-order valence-corrected chi connectivity index (χ3v) is 16.5. The molecule has 0 aliphatic heterocycles. The fraction of sp³-hybridized carbons (Fsp3) is 1.00. The number of hydrogen-bond donors (Lipinski definition) is 0. The molecule has 11 atom stereocenters. The van der Waals surface area contributed by atoms with Gasteiger partial charge in [0.25, 0.3) is 0 Å². The molecule has 288 valence electrons. The van der Waals surface area contributed by atoms with Crippen molar-refractivity contribution in [3.8, 4) is 0 Å². The highest BCUT2D eigenvalue weighted by Gasteiger charge is 2.43. The lowest BCUT2D eigenvalue weighted by molar-refractivity contribution is 0.116. The minimum absolute atomic E-state index is 0. The zero-order valence-corrected chi connectivity index (χ0v) is 35.1. The molecule has 0 heteroatoms. The zero-order valence-electron chi connectivity index (χ0n) is 35.1. The van der Waals surface area contributed by atoms with E-state index in [9.17, 15) is 0 Å². The van der Waals surface area contributed by atoms with E-state index in [0.29, 0.717) is 21.7 Å². The lowest BCUT2D eigenvalue weighted by atomic mass is 9.67. The van der Waals surface area contributed by atoms with Gasteiger partial charge in [0.05, 0.1) is 0 Å². The molecule has 0 aromatic rings. The van der Waals surface area contributed by atoms with Gasteiger partial charge in [-0.3, -0.25) is 0 Å². The van der Waals surface area contributed by atoms with Gasteiger partial charge >= 0.3 is 0 Å². The lowest BCUT2D eigenvalue weighted by Gasteiger charge is -2.38. The van der Waals surface area contributed by atoms with Crippen molar-refractivity contribution in [1.82, 2.24) is 0 Å². The molecule has 0 spiro atoms. The molecule has 8 aliphatic carbocycles. The second-order valence-electron chi connectivity index (χ2n) is 24.1. The summed E-state index contributed by atoms with van der Waals surface area (Å²) in [5.41, 5.74) is 2.28. The van der Waals surface area contributed by atoms with Crippen molar-refractivity contribution in [3.05, 3.63) is 0 Å². The standard InChI is InChI=1S/4C12H22.CH4/c2*1-12(2,3)11-7-5-9-4-6-10(11)8-9;1-12(2,3)11-7-9-4-5-10(6-9)8-11;1-12(2,3)11-8-9-5-4-6-10(11)7-9;/h4*9-11H,4-8H2,1-3H3;1H4. The van der Waals surface area contributed by atoms with Crippen molar-refractivity contribution in [3.63, 3.8) is 0 Å². The van der Waals surface area contributed by atoms with Crippen LogP contribution < -0.4 is 0 Å². The maximum absolute atomic E-state index is 2.43. The van der Waals surface area contributed by atoms with Crippen molar-refractivity contribution >= 4 is 0 Å². The van der Waals surface area contributed by atoms with Crippen LogP contribution in [0.1, 0.15) is 219 Å². The molecule has 0 heterocycles. The highest BCUT2D eigenvalue weighted by Crippen LogP contribution is 2.54. The van der Waals surface area contributed by atoms with Gasteiger partial charge in [0.2, 0.25) is 0 Å². The highest BCUT2D eigenvalue weighted by atomic mass is 14.5. The summed E-state index contributed by atoms with van der Waals surface area (Å²) < 4.78 is 0. The van der Waals surface area contributed by atoms with Crippen LogP contribution in [-0.4, -0.2) is 0 Å². The fourth-order valence-corrected chi connectivity index (χ4v) is 13.8. The van der Waals surface area contributed by atoms with Crippen LogP contribution in [0.25, 0.3) is 0 Å². The first kappa shape index (κ1) is 41.8. The van der Waals surface area contributed by atoms with Crippen LogP contribution in [0.2, 0.25) is 0 Å². The third-order valence-electron chi connectivity index (χ3n) is 16.5. The molecule has 49 heavy (non-hydrogen) atoms. The molecule has 8 aliphatic rings. The van der Waals surface area contributed by atoms with Crippen LogP contribution in [-0.2, 0) is 0 Å². The quantitative estimate of drug-likeness (QED) is 0.239. The van der Waals surface area contributed by atoms with Gasteiger partial charge in [-0.25, -0.2) is 0 Å². The monoisotopic (exact) mass is 681 g/mol. The third kappa shape index (κ3) is 11.3. The molecule has 0 aromatic carbocycles. The summed E-state index contributed by atoms with van der Waals surface area (Å²) in [6.07, 6.45) is 30.7. The largest absolute Gasteiger partial charge is 0.0776 e. The van der Waals surface area contributed by atoms with Crippen LogP contribution in [0.4, 0.5) is 0 Å². The minimum atomic E-state index is 0. The topological polar surface area (TPSA) is 0 Å². The average molecular weight is 681 g/mol. The van der Waals surface area contributed by atoms with Gasteiger partial charge in [0.1, 0.15) is 0 Å². The maximum Gasteiger partial charge on any atom is -0.0334 e. The fourth-order valence-electron chi connectivity index (χ4n) is 13.8. The lowest BCUT2D eigenvalue weighted by Crippen LogP contribution is -2.29. The number of rotatable bonds is 0. The first-order valence-corrected chi connectivity index (χ1v) is 22.3. The molecule has 0 radical (unpaired) electrons. The Bertz CT molecular complexity index is 891. The molecule has 0 aromatic heterocycles. The Kier molecular flexibility index (Phi) is 14.1. The molecule has 0 N–H and O–H groups in total. The average Bonchev–Trinajstić information content (AvgIpc) is 3.72. The SMILES string of the molecule is C.CC(C)(C)C1CC2CCC(C2)C1.CC(C)(C)C1CC2CCCC1C2.CC(C)(C)C1CCC2CCC1C2.CC(C)(C)C1CCC2CCC1C2. The van der Waals surface area contributed by atoms with Crippen molar-refractivity contribution in [2.75, 3.05) is 0 Å². The van der Waals surface area contributed by atoms with E-state index in [-0.39, 0.29) is 7.43 Å². The molecule has 8 bridgehead atoms. The summed E-state index contributed by atoms with van der Waals surface area (Å²) in [6.45, 7) is 29.1. The van der Waals surface area contributed by atoms with E-state index in [1.54, 1.807) is 25.7 Å². The van der Waals surface area contributed by atoms with Gasteiger partial charge in [-0.05, 0) is 163 Å². The highest BCUT2D eigenvalue weighted by molar-refractivity contribution is 4.94. The van der Waals surface area contributed by atoms with E-state index in [0.717, 1.165) is 71.0 Å². The van der Waals surface area contributed by atoms with Gasteiger partial charge in [-0.1, -0.05) is 148 Å². The van der Waals surface area contributed by atoms with Crippen molar-refractivity contribution in [2.45, 2.75) is 219 Å². The first-order chi connectivity index (χ1) is 22.3. The van der Waals surface area contributed by atoms with Gasteiger partial charge in [0.15, 0.2) is 0 Å². The van der Waals surface area contributed by atoms with Gasteiger partial charge < -0.3 is 0 Å². The van der Waals surface area contributed by atoms with Crippen LogP contribution in [0.3, 0.4) is 0 Å². The molecule has 8 rings (SSSR count). The van der Waals surface area contributed by atoms with Gasteiger partial charge in [-0.15, -0.1) is 0 Å². The Morgan fingerprint density at radius 1 is 0.286 bits per heavy atom. The smallest absolute Gasteiger partial charge is 0.0334 e. The number of fused-ring (bicyclic) bond motifs is 8. The molecule has 0 saturated heterocycles. The normalized spacial score (nSPS) is 40.9. The van der Waals surface area contributed by atoms with Crippen LogP contribution in [0, 0.1) is 92.7 Å². The molecule has 8 saturated carbocycles. The Balaban J connectivity index is 0.000000146. The van der Waals surface area contributed by atoms with Gasteiger partial charge in [0, 0.05) is 0 Å². The molecular weight excluding hydrogens is 589 g/mol. The molecular formula is C49H92. The van der Waals surface area contributed by atoms with Crippen LogP contribution in [0.5, 0.6) is 0 Å². The Morgan fingerprint density at radius 2 is 0.653 bits per heavy atom. The minimum Gasteiger partial charge on any atom is -0.0776 e. The predicted octanol–water partition coefficient (Wildman–Crippen LogP) is 16.1. The van der Waals surface area contributed by atoms with Gasteiger partial charge in [-0.2, -0.15) is 0 Å². The molecule has 11 unspecified atom stereocenters. The van der Waals surface area contributed by atoms with Crippen molar-refractivity contribution < 1.29 is 0 Å². The van der Waals surface area contributed by atoms with E-state index >= 15 is 0 Å². The van der Waals surface area contributed by atoms with Crippen LogP contribution in [0.15, 0.2) is 0 Å². The first-order valence-electron chi connectivity index (χ1n) is 22.3. The Morgan fingerprint density at radius 3 is 1.06 bits per heavy atom. The van der Waals surface area contributed by atoms with Crippen LogP contribution >= 0.6 is 0 Å². The maximum atomic E-state index is 2.43. The summed E-state index contributed by atoms with van der Waals surface area (Å²) in [7, 11) is 0. The van der Waals surface area contributed by atoms with Crippen molar-refractivity contribution in [2.24, 2.45) is 92.7 Å². The van der Waals surface area contributed by atoms with E-state index in [1.807, 2.05) is 0 Å². The zero-order chi connectivity index (χ0) is 35.1. The predicted molar refractivity (Wildman–Crippen MR) is 219 cm³/mol. The summed E-state index contributed by atoms with van der Waals surface area (Å²) in [5.74, 6) is 12.9. The second-order valence-corrected chi connectivity index (χ2v) is 24.1. The molecule has 0 nitrogen and oxygen atoms in total. The number of hydrogen-bond acceptors (Lipinski definition) is 0.